The third-order valence-electron chi connectivity index (χ3n) is 5.12. The first-order valence-corrected chi connectivity index (χ1v) is 10.8. The molecule has 3 aromatic carbocycles. The van der Waals surface area contributed by atoms with Crippen LogP contribution in [0.4, 0.5) is 0 Å². The number of nitrogens with one attached hydrogen (secondary N) is 1. The first-order chi connectivity index (χ1) is 15.7. The van der Waals surface area contributed by atoms with E-state index in [1.54, 1.807) is 12.1 Å². The van der Waals surface area contributed by atoms with E-state index in [0.717, 1.165) is 24.3 Å². The molecule has 0 aliphatic heterocycles. The van der Waals surface area contributed by atoms with Crippen molar-refractivity contribution in [1.82, 2.24) is 5.32 Å². The summed E-state index contributed by atoms with van der Waals surface area (Å²) in [5, 5.41) is 32.4. The topological polar surface area (TPSA) is 91.2 Å². The van der Waals surface area contributed by atoms with Crippen LogP contribution in [0.15, 0.2) is 72.8 Å². The normalized spacial score (nSPS) is 11.9. The third kappa shape index (κ3) is 7.66. The van der Waals surface area contributed by atoms with E-state index in [1.165, 1.54) is 11.6 Å². The van der Waals surface area contributed by atoms with E-state index in [2.05, 4.69) is 5.32 Å². The lowest BCUT2D eigenvalue weighted by molar-refractivity contribution is 0.0889. The Morgan fingerprint density at radius 3 is 2.41 bits per heavy atom. The number of aliphatic hydroxyl groups is 2. The van der Waals surface area contributed by atoms with Crippen molar-refractivity contribution < 1.29 is 24.8 Å². The number of phenols is 1. The summed E-state index contributed by atoms with van der Waals surface area (Å²) in [6, 6.07) is 22.8. The molecule has 170 valence electrons. The molecule has 3 aromatic rings. The number of rotatable bonds is 13. The van der Waals surface area contributed by atoms with Gasteiger partial charge in [-0.3, -0.25) is 0 Å². The smallest absolute Gasteiger partial charge is 0.121 e. The van der Waals surface area contributed by atoms with Crippen LogP contribution in [0.1, 0.15) is 28.4 Å². The minimum absolute atomic E-state index is 0.0311. The van der Waals surface area contributed by atoms with Gasteiger partial charge in [0.1, 0.15) is 18.1 Å². The molecule has 0 spiro atoms. The van der Waals surface area contributed by atoms with Gasteiger partial charge in [0.25, 0.3) is 0 Å². The van der Waals surface area contributed by atoms with Crippen LogP contribution < -0.4 is 10.1 Å². The van der Waals surface area contributed by atoms with Gasteiger partial charge < -0.3 is 30.1 Å². The molecule has 0 saturated carbocycles. The lowest BCUT2D eigenvalue weighted by Crippen LogP contribution is -2.23. The molecule has 0 radical (unpaired) electrons. The van der Waals surface area contributed by atoms with Crippen LogP contribution >= 0.6 is 0 Å². The van der Waals surface area contributed by atoms with Crippen molar-refractivity contribution in [3.05, 3.63) is 95.1 Å². The maximum Gasteiger partial charge on any atom is 0.121 e. The molecule has 0 aliphatic carbocycles. The zero-order chi connectivity index (χ0) is 22.6. The number of aliphatic hydroxyl groups excluding tert-OH is 2. The van der Waals surface area contributed by atoms with Gasteiger partial charge in [-0.1, -0.05) is 48.5 Å². The number of aromatic hydroxyl groups is 1. The van der Waals surface area contributed by atoms with Crippen LogP contribution in [-0.2, 0) is 24.4 Å². The lowest BCUT2D eigenvalue weighted by Gasteiger charge is -2.14. The highest BCUT2D eigenvalue weighted by Crippen LogP contribution is 2.22. The average Bonchev–Trinajstić information content (AvgIpc) is 2.83. The zero-order valence-electron chi connectivity index (χ0n) is 18.1. The summed E-state index contributed by atoms with van der Waals surface area (Å²) in [5.41, 5.74) is 3.39. The highest BCUT2D eigenvalue weighted by molar-refractivity contribution is 5.36. The molecular weight excluding hydrogens is 406 g/mol. The second kappa shape index (κ2) is 12.8. The molecule has 32 heavy (non-hydrogen) atoms. The molecule has 0 fully saturated rings. The zero-order valence-corrected chi connectivity index (χ0v) is 18.1. The molecular formula is C26H31NO5. The maximum absolute atomic E-state index is 10.3. The number of benzene rings is 3. The van der Waals surface area contributed by atoms with E-state index in [4.69, 9.17) is 9.47 Å². The van der Waals surface area contributed by atoms with Crippen molar-refractivity contribution >= 4 is 0 Å². The molecule has 0 unspecified atom stereocenters. The maximum atomic E-state index is 10.3. The predicted molar refractivity (Wildman–Crippen MR) is 124 cm³/mol. The Balaban J connectivity index is 1.30. The highest BCUT2D eigenvalue weighted by atomic mass is 16.5. The van der Waals surface area contributed by atoms with Gasteiger partial charge in [-0.2, -0.15) is 0 Å². The van der Waals surface area contributed by atoms with Gasteiger partial charge in [-0.15, -0.1) is 0 Å². The summed E-state index contributed by atoms with van der Waals surface area (Å²) in [7, 11) is 0. The molecule has 0 aromatic heterocycles. The second-order valence-corrected chi connectivity index (χ2v) is 7.55. The van der Waals surface area contributed by atoms with Crippen LogP contribution in [0.25, 0.3) is 0 Å². The van der Waals surface area contributed by atoms with E-state index in [0.29, 0.717) is 37.5 Å². The fraction of sp³-hybridized carbons (Fsp3) is 0.308. The summed E-state index contributed by atoms with van der Waals surface area (Å²) in [5.74, 6) is 0.844. The minimum atomic E-state index is -0.708. The summed E-state index contributed by atoms with van der Waals surface area (Å²) >= 11 is 0. The largest absolute Gasteiger partial charge is 0.508 e. The van der Waals surface area contributed by atoms with Crippen molar-refractivity contribution in [2.24, 2.45) is 0 Å². The van der Waals surface area contributed by atoms with Gasteiger partial charge in [0.05, 0.1) is 25.9 Å². The third-order valence-corrected chi connectivity index (χ3v) is 5.12. The minimum Gasteiger partial charge on any atom is -0.508 e. The van der Waals surface area contributed by atoms with Crippen molar-refractivity contribution in [1.29, 1.82) is 0 Å². The summed E-state index contributed by atoms with van der Waals surface area (Å²) in [4.78, 5) is 0. The van der Waals surface area contributed by atoms with Gasteiger partial charge in [0.15, 0.2) is 0 Å². The lowest BCUT2D eigenvalue weighted by atomic mass is 10.1. The Morgan fingerprint density at radius 1 is 0.875 bits per heavy atom. The van der Waals surface area contributed by atoms with E-state index in [1.807, 2.05) is 54.6 Å². The van der Waals surface area contributed by atoms with Crippen LogP contribution in [0.3, 0.4) is 0 Å². The van der Waals surface area contributed by atoms with Crippen LogP contribution in [0.2, 0.25) is 0 Å². The summed E-state index contributed by atoms with van der Waals surface area (Å²) in [6.07, 6.45) is 0.116. The molecule has 0 heterocycles. The van der Waals surface area contributed by atoms with Crippen molar-refractivity contribution in [3.63, 3.8) is 0 Å². The number of hydrogen-bond acceptors (Lipinski definition) is 6. The molecule has 6 heteroatoms. The van der Waals surface area contributed by atoms with Crippen LogP contribution in [-0.4, -0.2) is 41.6 Å². The first-order valence-electron chi connectivity index (χ1n) is 10.8. The summed E-state index contributed by atoms with van der Waals surface area (Å²) in [6.45, 7) is 2.46. The van der Waals surface area contributed by atoms with Crippen molar-refractivity contribution in [3.8, 4) is 11.5 Å². The summed E-state index contributed by atoms with van der Waals surface area (Å²) < 4.78 is 11.3. The second-order valence-electron chi connectivity index (χ2n) is 7.55. The van der Waals surface area contributed by atoms with E-state index in [-0.39, 0.29) is 12.4 Å². The predicted octanol–water partition coefficient (Wildman–Crippen LogP) is 3.35. The molecule has 0 bridgehead atoms. The Kier molecular flexibility index (Phi) is 9.53. The Bertz CT molecular complexity index is 931. The molecule has 4 N–H and O–H groups in total. The van der Waals surface area contributed by atoms with Gasteiger partial charge in [-0.25, -0.2) is 0 Å². The molecule has 1 atom stereocenters. The van der Waals surface area contributed by atoms with E-state index < -0.39 is 6.10 Å². The molecule has 0 saturated heterocycles. The molecule has 3 rings (SSSR count). The average molecular weight is 438 g/mol. The molecule has 6 nitrogen and oxygen atoms in total. The monoisotopic (exact) mass is 437 g/mol. The van der Waals surface area contributed by atoms with Crippen molar-refractivity contribution in [2.75, 3.05) is 26.3 Å². The van der Waals surface area contributed by atoms with Crippen LogP contribution in [0.5, 0.6) is 11.5 Å². The standard InChI is InChI=1S/C26H31NO5/c28-18-23-16-22(8-11-25(23)29)26(30)17-27-13-12-20-6-9-24(10-7-20)32-15-14-31-19-21-4-2-1-3-5-21/h1-11,16,26-30H,12-15,17-19H2/t26-/m1/s1. The number of ether oxygens (including phenoxy) is 2. The van der Waals surface area contributed by atoms with Crippen LogP contribution in [0, 0.1) is 0 Å². The number of hydrogen-bond donors (Lipinski definition) is 4. The fourth-order valence-corrected chi connectivity index (χ4v) is 3.26. The van der Waals surface area contributed by atoms with Gasteiger partial charge in [-0.05, 0) is 53.9 Å². The van der Waals surface area contributed by atoms with Crippen molar-refractivity contribution in [2.45, 2.75) is 25.7 Å². The Labute approximate surface area is 189 Å². The van der Waals surface area contributed by atoms with E-state index >= 15 is 0 Å². The molecule has 0 aliphatic rings. The first kappa shape index (κ1) is 23.8. The highest BCUT2D eigenvalue weighted by Gasteiger charge is 2.10. The Hall–Kier alpha value is -2.90. The SMILES string of the molecule is OCc1cc([C@H](O)CNCCc2ccc(OCCOCc3ccccc3)cc2)ccc1O. The van der Waals surface area contributed by atoms with Gasteiger partial charge in [0, 0.05) is 12.1 Å². The van der Waals surface area contributed by atoms with Gasteiger partial charge in [0.2, 0.25) is 0 Å². The fourth-order valence-electron chi connectivity index (χ4n) is 3.26. The molecule has 0 amide bonds. The quantitative estimate of drug-likeness (QED) is 0.307. The van der Waals surface area contributed by atoms with E-state index in [9.17, 15) is 15.3 Å². The Morgan fingerprint density at radius 2 is 1.66 bits per heavy atom. The van der Waals surface area contributed by atoms with Gasteiger partial charge >= 0.3 is 0 Å².